The maximum absolute atomic E-state index is 11.8. The molecule has 1 aromatic carbocycles. The largest absolute Gasteiger partial charge is 0.324 e. The number of carbonyl (C=O) groups is 1. The van der Waals surface area contributed by atoms with Crippen molar-refractivity contribution < 1.29 is 4.79 Å². The van der Waals surface area contributed by atoms with Gasteiger partial charge < -0.3 is 4.57 Å². The second kappa shape index (κ2) is 3.70. The average molecular weight is 241 g/mol. The fraction of sp³-hybridized carbons (Fsp3) is 0.286. The summed E-state index contributed by atoms with van der Waals surface area (Å²) in [6.45, 7) is 6.39. The standard InChI is InChI=1S/C14H15N3O/c1-4-16-11-7-5-6-8-12(11)17-14(16)13(10(3)18)9(2)15-17/h5-8H,4H2,1-3H3. The molecule has 0 aliphatic heterocycles. The van der Waals surface area contributed by atoms with Crippen LogP contribution in [-0.4, -0.2) is 20.0 Å². The lowest BCUT2D eigenvalue weighted by Gasteiger charge is -2.02. The Hall–Kier alpha value is -2.10. The smallest absolute Gasteiger partial charge is 0.165 e. The third-order valence-corrected chi connectivity index (χ3v) is 3.36. The molecule has 0 saturated carbocycles. The van der Waals surface area contributed by atoms with Crippen molar-refractivity contribution in [2.75, 3.05) is 0 Å². The van der Waals surface area contributed by atoms with E-state index in [9.17, 15) is 4.79 Å². The summed E-state index contributed by atoms with van der Waals surface area (Å²) in [6, 6.07) is 8.10. The van der Waals surface area contributed by atoms with Crippen molar-refractivity contribution in [2.24, 2.45) is 0 Å². The molecule has 4 heteroatoms. The Labute approximate surface area is 105 Å². The quantitative estimate of drug-likeness (QED) is 0.647. The van der Waals surface area contributed by atoms with E-state index in [0.29, 0.717) is 0 Å². The van der Waals surface area contributed by atoms with Crippen molar-refractivity contribution in [1.82, 2.24) is 14.2 Å². The average Bonchev–Trinajstić information content (AvgIpc) is 2.82. The SMILES string of the molecule is CCn1c2ccccc2n2nc(C)c(C(C)=O)c12. The first-order valence-corrected chi connectivity index (χ1v) is 6.12. The normalized spacial score (nSPS) is 11.5. The minimum absolute atomic E-state index is 0.0695. The van der Waals surface area contributed by atoms with E-state index in [1.165, 1.54) is 0 Å². The molecule has 0 fully saturated rings. The van der Waals surface area contributed by atoms with E-state index < -0.39 is 0 Å². The number of hydrogen-bond donors (Lipinski definition) is 0. The van der Waals surface area contributed by atoms with E-state index in [0.717, 1.165) is 34.5 Å². The highest BCUT2D eigenvalue weighted by Gasteiger charge is 2.20. The molecule has 0 bridgehead atoms. The Morgan fingerprint density at radius 1 is 1.28 bits per heavy atom. The molecule has 0 amide bonds. The molecule has 92 valence electrons. The summed E-state index contributed by atoms with van der Waals surface area (Å²) in [6.07, 6.45) is 0. The third-order valence-electron chi connectivity index (χ3n) is 3.36. The Morgan fingerprint density at radius 3 is 2.56 bits per heavy atom. The van der Waals surface area contributed by atoms with E-state index in [2.05, 4.69) is 22.7 Å². The van der Waals surface area contributed by atoms with Crippen LogP contribution in [0.4, 0.5) is 0 Å². The minimum Gasteiger partial charge on any atom is -0.324 e. The van der Waals surface area contributed by atoms with Gasteiger partial charge in [0.05, 0.1) is 22.3 Å². The zero-order valence-corrected chi connectivity index (χ0v) is 10.8. The maximum atomic E-state index is 11.8. The van der Waals surface area contributed by atoms with Gasteiger partial charge in [-0.15, -0.1) is 0 Å². The van der Waals surface area contributed by atoms with Crippen LogP contribution in [0.1, 0.15) is 29.9 Å². The zero-order valence-electron chi connectivity index (χ0n) is 10.8. The van der Waals surface area contributed by atoms with Gasteiger partial charge >= 0.3 is 0 Å². The van der Waals surface area contributed by atoms with Gasteiger partial charge in [0.1, 0.15) is 5.65 Å². The van der Waals surface area contributed by atoms with Gasteiger partial charge in [0.2, 0.25) is 0 Å². The van der Waals surface area contributed by atoms with Crippen LogP contribution in [0, 0.1) is 6.92 Å². The van der Waals surface area contributed by atoms with E-state index in [-0.39, 0.29) is 5.78 Å². The summed E-state index contributed by atoms with van der Waals surface area (Å²) in [7, 11) is 0. The van der Waals surface area contributed by atoms with Gasteiger partial charge in [-0.2, -0.15) is 5.10 Å². The van der Waals surface area contributed by atoms with Crippen LogP contribution in [-0.2, 0) is 6.54 Å². The van der Waals surface area contributed by atoms with Gasteiger partial charge in [0.15, 0.2) is 5.78 Å². The van der Waals surface area contributed by atoms with Crippen molar-refractivity contribution in [1.29, 1.82) is 0 Å². The van der Waals surface area contributed by atoms with Crippen LogP contribution in [0.2, 0.25) is 0 Å². The molecule has 0 spiro atoms. The molecule has 2 heterocycles. The van der Waals surface area contributed by atoms with Crippen molar-refractivity contribution in [3.05, 3.63) is 35.5 Å². The number of aryl methyl sites for hydroxylation is 2. The Balaban J connectivity index is 2.59. The molecule has 0 aliphatic carbocycles. The van der Waals surface area contributed by atoms with Crippen LogP contribution in [0.15, 0.2) is 24.3 Å². The number of Topliss-reactive ketones (excluding diaryl/α,β-unsaturated/α-hetero) is 1. The summed E-state index contributed by atoms with van der Waals surface area (Å²) in [5.74, 6) is 0.0695. The fourth-order valence-corrected chi connectivity index (χ4v) is 2.65. The molecular formula is C14H15N3O. The van der Waals surface area contributed by atoms with Gasteiger partial charge in [-0.1, -0.05) is 12.1 Å². The van der Waals surface area contributed by atoms with Gasteiger partial charge in [0.25, 0.3) is 0 Å². The van der Waals surface area contributed by atoms with E-state index >= 15 is 0 Å². The lowest BCUT2D eigenvalue weighted by Crippen LogP contribution is -2.00. The number of rotatable bonds is 2. The minimum atomic E-state index is 0.0695. The molecule has 2 aromatic heterocycles. The van der Waals surface area contributed by atoms with Crippen LogP contribution < -0.4 is 0 Å². The van der Waals surface area contributed by atoms with Crippen LogP contribution in [0.5, 0.6) is 0 Å². The van der Waals surface area contributed by atoms with Gasteiger partial charge in [-0.3, -0.25) is 4.79 Å². The molecule has 0 radical (unpaired) electrons. The van der Waals surface area contributed by atoms with Crippen molar-refractivity contribution in [2.45, 2.75) is 27.3 Å². The topological polar surface area (TPSA) is 39.3 Å². The second-order valence-corrected chi connectivity index (χ2v) is 4.48. The molecule has 3 rings (SSSR count). The summed E-state index contributed by atoms with van der Waals surface area (Å²) >= 11 is 0. The Bertz CT molecular complexity index is 764. The predicted octanol–water partition coefficient (Wildman–Crippen LogP) is 2.82. The number of nitrogens with zero attached hydrogens (tertiary/aromatic N) is 3. The highest BCUT2D eigenvalue weighted by atomic mass is 16.1. The summed E-state index contributed by atoms with van der Waals surface area (Å²) in [5.41, 5.74) is 4.59. The molecule has 0 unspecified atom stereocenters. The second-order valence-electron chi connectivity index (χ2n) is 4.48. The predicted molar refractivity (Wildman–Crippen MR) is 71.1 cm³/mol. The Kier molecular flexibility index (Phi) is 2.26. The number of imidazole rings is 1. The van der Waals surface area contributed by atoms with Gasteiger partial charge in [-0.05, 0) is 32.9 Å². The van der Waals surface area contributed by atoms with E-state index in [1.807, 2.05) is 29.6 Å². The number of ketones is 1. The summed E-state index contributed by atoms with van der Waals surface area (Å²) < 4.78 is 4.02. The van der Waals surface area contributed by atoms with E-state index in [1.54, 1.807) is 6.92 Å². The summed E-state index contributed by atoms with van der Waals surface area (Å²) in [5, 5.41) is 4.51. The number of fused-ring (bicyclic) bond motifs is 3. The molecule has 0 saturated heterocycles. The first kappa shape index (κ1) is 11.0. The van der Waals surface area contributed by atoms with Crippen LogP contribution in [0.25, 0.3) is 16.7 Å². The van der Waals surface area contributed by atoms with Gasteiger partial charge in [-0.25, -0.2) is 4.52 Å². The number of aromatic nitrogens is 3. The first-order valence-electron chi connectivity index (χ1n) is 6.12. The summed E-state index contributed by atoms with van der Waals surface area (Å²) in [4.78, 5) is 11.8. The third kappa shape index (κ3) is 1.26. The molecular weight excluding hydrogens is 226 g/mol. The molecule has 0 N–H and O–H groups in total. The Morgan fingerprint density at radius 2 is 1.94 bits per heavy atom. The lowest BCUT2D eigenvalue weighted by atomic mass is 10.2. The molecule has 4 nitrogen and oxygen atoms in total. The number of benzene rings is 1. The number of hydrogen-bond acceptors (Lipinski definition) is 2. The van der Waals surface area contributed by atoms with Crippen LogP contribution in [0.3, 0.4) is 0 Å². The lowest BCUT2D eigenvalue weighted by molar-refractivity contribution is 0.101. The molecule has 3 aromatic rings. The number of carbonyl (C=O) groups excluding carboxylic acids is 1. The number of para-hydroxylation sites is 2. The molecule has 0 aliphatic rings. The highest BCUT2D eigenvalue weighted by molar-refractivity contribution is 6.03. The highest BCUT2D eigenvalue weighted by Crippen LogP contribution is 2.25. The van der Waals surface area contributed by atoms with Crippen molar-refractivity contribution in [3.63, 3.8) is 0 Å². The first-order chi connectivity index (χ1) is 8.65. The molecule has 0 atom stereocenters. The fourth-order valence-electron chi connectivity index (χ4n) is 2.65. The van der Waals surface area contributed by atoms with Gasteiger partial charge in [0, 0.05) is 6.54 Å². The van der Waals surface area contributed by atoms with E-state index in [4.69, 9.17) is 0 Å². The van der Waals surface area contributed by atoms with Crippen LogP contribution >= 0.6 is 0 Å². The van der Waals surface area contributed by atoms with Crippen molar-refractivity contribution in [3.8, 4) is 0 Å². The van der Waals surface area contributed by atoms with Crippen molar-refractivity contribution >= 4 is 22.5 Å². The zero-order chi connectivity index (χ0) is 12.9. The monoisotopic (exact) mass is 241 g/mol. The maximum Gasteiger partial charge on any atom is 0.165 e. The molecule has 18 heavy (non-hydrogen) atoms.